The van der Waals surface area contributed by atoms with Crippen molar-refractivity contribution in [1.29, 1.82) is 0 Å². The fourth-order valence-corrected chi connectivity index (χ4v) is 2.35. The van der Waals surface area contributed by atoms with Crippen LogP contribution in [0.3, 0.4) is 0 Å². The molecule has 1 N–H and O–H groups in total. The van der Waals surface area contributed by atoms with E-state index in [1.807, 2.05) is 29.2 Å². The highest BCUT2D eigenvalue weighted by Crippen LogP contribution is 2.17. The van der Waals surface area contributed by atoms with Crippen LogP contribution in [0.2, 0.25) is 0 Å². The fourth-order valence-electron chi connectivity index (χ4n) is 2.35. The Morgan fingerprint density at radius 3 is 2.38 bits per heavy atom. The third-order valence-electron chi connectivity index (χ3n) is 3.56. The smallest absolute Gasteiger partial charge is 0.321 e. The van der Waals surface area contributed by atoms with Crippen LogP contribution in [0.5, 0.6) is 5.75 Å². The van der Waals surface area contributed by atoms with Gasteiger partial charge in [-0.05, 0) is 37.1 Å². The molecule has 21 heavy (non-hydrogen) atoms. The number of nitrogens with zero attached hydrogens (tertiary/aromatic N) is 1. The number of ether oxygens (including phenoxy) is 2. The van der Waals surface area contributed by atoms with Crippen LogP contribution in [0.15, 0.2) is 24.3 Å². The molecule has 0 aromatic heterocycles. The molecule has 1 aliphatic heterocycles. The molecule has 1 saturated heterocycles. The Labute approximate surface area is 126 Å². The number of benzene rings is 1. The van der Waals surface area contributed by atoms with E-state index in [2.05, 4.69) is 5.32 Å². The minimum Gasteiger partial charge on any atom is -0.491 e. The number of rotatable bonds is 5. The highest BCUT2D eigenvalue weighted by atomic mass is 16.5. The van der Waals surface area contributed by atoms with Gasteiger partial charge in [0.05, 0.1) is 6.61 Å². The molecule has 1 fully saturated rings. The van der Waals surface area contributed by atoms with Gasteiger partial charge in [-0.25, -0.2) is 4.79 Å². The van der Waals surface area contributed by atoms with Crippen LogP contribution < -0.4 is 10.1 Å². The predicted octanol–water partition coefficient (Wildman–Crippen LogP) is 3.12. The van der Waals surface area contributed by atoms with Gasteiger partial charge in [-0.15, -0.1) is 0 Å². The first-order valence-corrected chi connectivity index (χ1v) is 7.57. The molecule has 0 unspecified atom stereocenters. The quantitative estimate of drug-likeness (QED) is 0.848. The predicted molar refractivity (Wildman–Crippen MR) is 82.9 cm³/mol. The van der Waals surface area contributed by atoms with E-state index in [4.69, 9.17) is 9.47 Å². The van der Waals surface area contributed by atoms with Gasteiger partial charge in [0, 0.05) is 25.9 Å². The Morgan fingerprint density at radius 2 is 1.76 bits per heavy atom. The summed E-state index contributed by atoms with van der Waals surface area (Å²) in [5.74, 6) is 0.778. The number of carbonyl (C=O) groups excluding carboxylic acids is 1. The standard InChI is InChI=1S/C16H24N2O3/c1-20-12-13-21-15-8-6-14(7-9-15)17-16(19)18-10-4-2-3-5-11-18/h6-9H,2-5,10-13H2,1H3,(H,17,19). The van der Waals surface area contributed by atoms with Crippen molar-refractivity contribution in [3.63, 3.8) is 0 Å². The number of amides is 2. The lowest BCUT2D eigenvalue weighted by atomic mass is 10.2. The lowest BCUT2D eigenvalue weighted by molar-refractivity contribution is 0.146. The van der Waals surface area contributed by atoms with Crippen molar-refractivity contribution >= 4 is 11.7 Å². The second kappa shape index (κ2) is 8.52. The molecule has 1 heterocycles. The summed E-state index contributed by atoms with van der Waals surface area (Å²) < 4.78 is 10.4. The molecule has 1 aromatic rings. The molecule has 1 aromatic carbocycles. The minimum absolute atomic E-state index is 0.00930. The zero-order valence-corrected chi connectivity index (χ0v) is 12.6. The summed E-state index contributed by atoms with van der Waals surface area (Å²) in [5, 5.41) is 2.94. The Kier molecular flexibility index (Phi) is 6.34. The van der Waals surface area contributed by atoms with E-state index in [1.165, 1.54) is 12.8 Å². The average molecular weight is 292 g/mol. The molecular weight excluding hydrogens is 268 g/mol. The van der Waals surface area contributed by atoms with Crippen LogP contribution in [-0.2, 0) is 4.74 Å². The first-order chi connectivity index (χ1) is 10.3. The van der Waals surface area contributed by atoms with Crippen LogP contribution in [-0.4, -0.2) is 44.3 Å². The van der Waals surface area contributed by atoms with Crippen molar-refractivity contribution in [1.82, 2.24) is 4.90 Å². The van der Waals surface area contributed by atoms with Crippen LogP contribution in [0.25, 0.3) is 0 Å². The zero-order chi connectivity index (χ0) is 14.9. The first-order valence-electron chi connectivity index (χ1n) is 7.57. The molecule has 0 bridgehead atoms. The summed E-state index contributed by atoms with van der Waals surface area (Å²) in [4.78, 5) is 14.1. The maximum Gasteiger partial charge on any atom is 0.321 e. The molecule has 2 rings (SSSR count). The SMILES string of the molecule is COCCOc1ccc(NC(=O)N2CCCCCC2)cc1. The lowest BCUT2D eigenvalue weighted by Gasteiger charge is -2.20. The molecule has 0 atom stereocenters. The van der Waals surface area contributed by atoms with Gasteiger partial charge in [0.15, 0.2) is 0 Å². The summed E-state index contributed by atoms with van der Waals surface area (Å²) >= 11 is 0. The van der Waals surface area contributed by atoms with Crippen molar-refractivity contribution in [3.05, 3.63) is 24.3 Å². The molecule has 0 saturated carbocycles. The maximum absolute atomic E-state index is 12.2. The zero-order valence-electron chi connectivity index (χ0n) is 12.6. The Balaban J connectivity index is 1.82. The van der Waals surface area contributed by atoms with E-state index in [0.29, 0.717) is 13.2 Å². The van der Waals surface area contributed by atoms with Gasteiger partial charge in [0.2, 0.25) is 0 Å². The van der Waals surface area contributed by atoms with Crippen molar-refractivity contribution in [2.75, 3.05) is 38.7 Å². The Hall–Kier alpha value is -1.75. The highest BCUT2D eigenvalue weighted by molar-refractivity contribution is 5.89. The topological polar surface area (TPSA) is 50.8 Å². The number of likely N-dealkylation sites (tertiary alicyclic amines) is 1. The molecule has 0 spiro atoms. The van der Waals surface area contributed by atoms with Gasteiger partial charge in [-0.2, -0.15) is 0 Å². The van der Waals surface area contributed by atoms with E-state index >= 15 is 0 Å². The summed E-state index contributed by atoms with van der Waals surface area (Å²) in [6.07, 6.45) is 4.63. The second-order valence-corrected chi connectivity index (χ2v) is 5.20. The molecule has 5 nitrogen and oxygen atoms in total. The molecule has 0 radical (unpaired) electrons. The summed E-state index contributed by atoms with van der Waals surface area (Å²) in [5.41, 5.74) is 0.795. The number of methoxy groups -OCH3 is 1. The van der Waals surface area contributed by atoms with Gasteiger partial charge >= 0.3 is 6.03 Å². The molecule has 2 amide bonds. The highest BCUT2D eigenvalue weighted by Gasteiger charge is 2.15. The molecule has 116 valence electrons. The number of urea groups is 1. The molecule has 1 aliphatic rings. The Morgan fingerprint density at radius 1 is 1.10 bits per heavy atom. The van der Waals surface area contributed by atoms with Gasteiger partial charge in [0.25, 0.3) is 0 Å². The van der Waals surface area contributed by atoms with Crippen LogP contribution in [0, 0.1) is 0 Å². The third kappa shape index (κ3) is 5.27. The van der Waals surface area contributed by atoms with Gasteiger partial charge in [-0.3, -0.25) is 0 Å². The van der Waals surface area contributed by atoms with Crippen LogP contribution in [0.4, 0.5) is 10.5 Å². The monoisotopic (exact) mass is 292 g/mol. The molecule has 5 heteroatoms. The number of carbonyl (C=O) groups is 1. The van der Waals surface area contributed by atoms with Crippen LogP contribution >= 0.6 is 0 Å². The number of hydrogen-bond donors (Lipinski definition) is 1. The van der Waals surface area contributed by atoms with Gasteiger partial charge in [-0.1, -0.05) is 12.8 Å². The largest absolute Gasteiger partial charge is 0.491 e. The van der Waals surface area contributed by atoms with Crippen molar-refractivity contribution in [2.24, 2.45) is 0 Å². The lowest BCUT2D eigenvalue weighted by Crippen LogP contribution is -2.35. The number of anilines is 1. The fraction of sp³-hybridized carbons (Fsp3) is 0.562. The maximum atomic E-state index is 12.2. The summed E-state index contributed by atoms with van der Waals surface area (Å²) in [6.45, 7) is 2.79. The third-order valence-corrected chi connectivity index (χ3v) is 3.56. The van der Waals surface area contributed by atoms with E-state index in [1.54, 1.807) is 7.11 Å². The van der Waals surface area contributed by atoms with Gasteiger partial charge in [0.1, 0.15) is 12.4 Å². The van der Waals surface area contributed by atoms with Gasteiger partial charge < -0.3 is 19.7 Å². The van der Waals surface area contributed by atoms with Crippen molar-refractivity contribution < 1.29 is 14.3 Å². The van der Waals surface area contributed by atoms with Crippen LogP contribution in [0.1, 0.15) is 25.7 Å². The average Bonchev–Trinajstić information content (AvgIpc) is 2.78. The van der Waals surface area contributed by atoms with E-state index < -0.39 is 0 Å². The minimum atomic E-state index is -0.00930. The second-order valence-electron chi connectivity index (χ2n) is 5.20. The van der Waals surface area contributed by atoms with E-state index in [-0.39, 0.29) is 6.03 Å². The number of nitrogens with one attached hydrogen (secondary N) is 1. The van der Waals surface area contributed by atoms with E-state index in [9.17, 15) is 4.79 Å². The molecular formula is C16H24N2O3. The first kappa shape index (κ1) is 15.6. The number of hydrogen-bond acceptors (Lipinski definition) is 3. The summed E-state index contributed by atoms with van der Waals surface area (Å²) in [6, 6.07) is 7.42. The normalized spacial score (nSPS) is 15.4. The summed E-state index contributed by atoms with van der Waals surface area (Å²) in [7, 11) is 1.64. The van der Waals surface area contributed by atoms with Crippen molar-refractivity contribution in [3.8, 4) is 5.75 Å². The van der Waals surface area contributed by atoms with Crippen molar-refractivity contribution in [2.45, 2.75) is 25.7 Å². The Bertz CT molecular complexity index is 426. The molecule has 0 aliphatic carbocycles. The van der Waals surface area contributed by atoms with E-state index in [0.717, 1.165) is 37.4 Å².